The smallest absolute Gasteiger partial charge is 0.391 e. The van der Waals surface area contributed by atoms with E-state index in [0.29, 0.717) is 36.5 Å². The zero-order valence-electron chi connectivity index (χ0n) is 15.8. The molecule has 1 fully saturated rings. The van der Waals surface area contributed by atoms with Gasteiger partial charge in [0.25, 0.3) is 5.91 Å². The molecule has 0 saturated heterocycles. The molecule has 1 N–H and O–H groups in total. The Labute approximate surface area is 161 Å². The Balaban J connectivity index is 1.50. The van der Waals surface area contributed by atoms with Gasteiger partial charge in [0.05, 0.1) is 17.2 Å². The van der Waals surface area contributed by atoms with Crippen molar-refractivity contribution in [2.45, 2.75) is 58.4 Å². The Bertz CT molecular complexity index is 788. The van der Waals surface area contributed by atoms with Crippen LogP contribution in [0.3, 0.4) is 0 Å². The molecule has 2 aromatic rings. The summed E-state index contributed by atoms with van der Waals surface area (Å²) in [7, 11) is 0. The van der Waals surface area contributed by atoms with Crippen LogP contribution in [0.4, 0.5) is 13.2 Å². The van der Waals surface area contributed by atoms with Gasteiger partial charge in [-0.2, -0.15) is 13.2 Å². The number of benzene rings is 1. The lowest BCUT2D eigenvalue weighted by atomic mass is 9.85. The van der Waals surface area contributed by atoms with E-state index in [0.717, 1.165) is 11.3 Å². The number of carbonyl (C=O) groups excluding carboxylic acids is 1. The average Bonchev–Trinajstić information content (AvgIpc) is 2.98. The molecule has 0 spiro atoms. The molecule has 3 rings (SSSR count). The summed E-state index contributed by atoms with van der Waals surface area (Å²) < 4.78 is 49.0. The molecular weight excluding hydrogens is 373 g/mol. The molecule has 28 heavy (non-hydrogen) atoms. The Morgan fingerprint density at radius 3 is 2.36 bits per heavy atom. The van der Waals surface area contributed by atoms with E-state index in [1.807, 2.05) is 13.8 Å². The number of ether oxygens (including phenoxy) is 1. The predicted octanol–water partition coefficient (Wildman–Crippen LogP) is 4.72. The van der Waals surface area contributed by atoms with Crippen LogP contribution in [0.15, 0.2) is 28.8 Å². The second kappa shape index (κ2) is 8.24. The van der Waals surface area contributed by atoms with Gasteiger partial charge in [0.1, 0.15) is 18.1 Å². The number of amides is 1. The minimum absolute atomic E-state index is 0.0585. The third-order valence-corrected chi connectivity index (χ3v) is 5.21. The van der Waals surface area contributed by atoms with E-state index < -0.39 is 12.1 Å². The summed E-state index contributed by atoms with van der Waals surface area (Å²) in [6.07, 6.45) is -3.34. The van der Waals surface area contributed by atoms with Crippen LogP contribution in [0.25, 0.3) is 0 Å². The van der Waals surface area contributed by atoms with Gasteiger partial charge in [-0.05, 0) is 63.8 Å². The number of aryl methyl sites for hydroxylation is 2. The monoisotopic (exact) mass is 396 g/mol. The number of carbonyl (C=O) groups is 1. The summed E-state index contributed by atoms with van der Waals surface area (Å²) in [6.45, 7) is 3.97. The maximum atomic E-state index is 12.7. The zero-order valence-corrected chi connectivity index (χ0v) is 15.8. The molecule has 0 unspecified atom stereocenters. The van der Waals surface area contributed by atoms with Crippen molar-refractivity contribution in [3.05, 3.63) is 46.8 Å². The summed E-state index contributed by atoms with van der Waals surface area (Å²) >= 11 is 0. The van der Waals surface area contributed by atoms with Gasteiger partial charge in [-0.15, -0.1) is 0 Å². The van der Waals surface area contributed by atoms with Gasteiger partial charge in [-0.1, -0.05) is 5.16 Å². The zero-order chi connectivity index (χ0) is 20.3. The molecule has 152 valence electrons. The van der Waals surface area contributed by atoms with Gasteiger partial charge in [-0.25, -0.2) is 0 Å². The molecule has 1 heterocycles. The van der Waals surface area contributed by atoms with Gasteiger partial charge in [-0.3, -0.25) is 4.79 Å². The Morgan fingerprint density at radius 2 is 1.82 bits per heavy atom. The van der Waals surface area contributed by atoms with Crippen molar-refractivity contribution >= 4 is 5.91 Å². The molecule has 1 aliphatic rings. The average molecular weight is 396 g/mol. The Hall–Kier alpha value is -2.51. The standard InChI is InChI=1S/C20H23F3N2O3/c1-12-18(13(2)28-25-12)11-27-17-9-3-14(4-10-17)19(26)24-16-7-5-15(6-8-16)20(21,22)23/h3-4,9-10,15-16H,5-8,11H2,1-2H3,(H,24,26). The number of nitrogens with one attached hydrogen (secondary N) is 1. The van der Waals surface area contributed by atoms with Crippen molar-refractivity contribution in [3.8, 4) is 5.75 Å². The fraction of sp³-hybridized carbons (Fsp3) is 0.500. The normalized spacial score (nSPS) is 20.0. The summed E-state index contributed by atoms with van der Waals surface area (Å²) in [5.41, 5.74) is 2.10. The molecule has 1 aliphatic carbocycles. The molecule has 1 saturated carbocycles. The van der Waals surface area contributed by atoms with E-state index in [9.17, 15) is 18.0 Å². The maximum Gasteiger partial charge on any atom is 0.391 e. The fourth-order valence-corrected chi connectivity index (χ4v) is 3.40. The molecule has 0 atom stereocenters. The quantitative estimate of drug-likeness (QED) is 0.794. The SMILES string of the molecule is Cc1noc(C)c1COc1ccc(C(=O)NC2CCC(C(F)(F)F)CC2)cc1. The first-order valence-corrected chi connectivity index (χ1v) is 9.26. The first-order chi connectivity index (χ1) is 13.2. The molecule has 8 heteroatoms. The first kappa shape index (κ1) is 20.2. The molecule has 1 amide bonds. The van der Waals surface area contributed by atoms with Crippen molar-refractivity contribution in [3.63, 3.8) is 0 Å². The second-order valence-electron chi connectivity index (χ2n) is 7.18. The highest BCUT2D eigenvalue weighted by atomic mass is 19.4. The number of alkyl halides is 3. The number of rotatable bonds is 5. The lowest BCUT2D eigenvalue weighted by molar-refractivity contribution is -0.182. The maximum absolute atomic E-state index is 12.7. The Morgan fingerprint density at radius 1 is 1.18 bits per heavy atom. The largest absolute Gasteiger partial charge is 0.489 e. The predicted molar refractivity (Wildman–Crippen MR) is 96.0 cm³/mol. The van der Waals surface area contributed by atoms with Crippen LogP contribution >= 0.6 is 0 Å². The van der Waals surface area contributed by atoms with Gasteiger partial charge in [0.2, 0.25) is 0 Å². The van der Waals surface area contributed by atoms with Crippen LogP contribution < -0.4 is 10.1 Å². The van der Waals surface area contributed by atoms with Crippen molar-refractivity contribution < 1.29 is 27.2 Å². The van der Waals surface area contributed by atoms with Crippen LogP contribution in [0, 0.1) is 19.8 Å². The highest BCUT2D eigenvalue weighted by Crippen LogP contribution is 2.37. The second-order valence-corrected chi connectivity index (χ2v) is 7.18. The van der Waals surface area contributed by atoms with Gasteiger partial charge >= 0.3 is 6.18 Å². The van der Waals surface area contributed by atoms with Gasteiger partial charge in [0.15, 0.2) is 0 Å². The summed E-state index contributed by atoms with van der Waals surface area (Å²) in [5, 5.41) is 6.70. The third kappa shape index (κ3) is 4.85. The van der Waals surface area contributed by atoms with Crippen LogP contribution in [-0.2, 0) is 6.61 Å². The number of aromatic nitrogens is 1. The van der Waals surface area contributed by atoms with Crippen molar-refractivity contribution in [1.82, 2.24) is 10.5 Å². The summed E-state index contributed by atoms with van der Waals surface area (Å²) in [4.78, 5) is 12.3. The van der Waals surface area contributed by atoms with E-state index in [1.54, 1.807) is 24.3 Å². The lowest BCUT2D eigenvalue weighted by Crippen LogP contribution is -2.40. The molecular formula is C20H23F3N2O3. The Kier molecular flexibility index (Phi) is 5.96. The van der Waals surface area contributed by atoms with E-state index in [1.165, 1.54) is 0 Å². The van der Waals surface area contributed by atoms with Crippen LogP contribution in [-0.4, -0.2) is 23.3 Å². The summed E-state index contributed by atoms with van der Waals surface area (Å²) in [6, 6.07) is 6.43. The molecule has 0 aliphatic heterocycles. The topological polar surface area (TPSA) is 64.4 Å². The number of nitrogens with zero attached hydrogens (tertiary/aromatic N) is 1. The minimum atomic E-state index is -4.14. The van der Waals surface area contributed by atoms with E-state index in [-0.39, 0.29) is 24.8 Å². The number of hydrogen-bond acceptors (Lipinski definition) is 4. The minimum Gasteiger partial charge on any atom is -0.489 e. The van der Waals surface area contributed by atoms with E-state index in [4.69, 9.17) is 9.26 Å². The highest BCUT2D eigenvalue weighted by Gasteiger charge is 2.41. The third-order valence-electron chi connectivity index (χ3n) is 5.21. The van der Waals surface area contributed by atoms with Crippen LogP contribution in [0.2, 0.25) is 0 Å². The van der Waals surface area contributed by atoms with Crippen LogP contribution in [0.1, 0.15) is 53.1 Å². The van der Waals surface area contributed by atoms with Gasteiger partial charge < -0.3 is 14.6 Å². The van der Waals surface area contributed by atoms with Crippen molar-refractivity contribution in [2.24, 2.45) is 5.92 Å². The molecule has 0 bridgehead atoms. The first-order valence-electron chi connectivity index (χ1n) is 9.26. The number of halogens is 3. The molecule has 1 aromatic carbocycles. The molecule has 1 aromatic heterocycles. The fourth-order valence-electron chi connectivity index (χ4n) is 3.40. The molecule has 0 radical (unpaired) electrons. The van der Waals surface area contributed by atoms with Gasteiger partial charge in [0, 0.05) is 11.6 Å². The number of hydrogen-bond donors (Lipinski definition) is 1. The van der Waals surface area contributed by atoms with Crippen LogP contribution in [0.5, 0.6) is 5.75 Å². The van der Waals surface area contributed by atoms with E-state index in [2.05, 4.69) is 10.5 Å². The molecule has 5 nitrogen and oxygen atoms in total. The van der Waals surface area contributed by atoms with Crippen molar-refractivity contribution in [2.75, 3.05) is 0 Å². The van der Waals surface area contributed by atoms with Crippen molar-refractivity contribution in [1.29, 1.82) is 0 Å². The van der Waals surface area contributed by atoms with E-state index >= 15 is 0 Å². The summed E-state index contributed by atoms with van der Waals surface area (Å²) in [5.74, 6) is -0.238. The lowest BCUT2D eigenvalue weighted by Gasteiger charge is -2.30. The highest BCUT2D eigenvalue weighted by molar-refractivity contribution is 5.94.